The SMILES string of the molecule is N=C(N)Nc1ccc2c(c1)OCCCc1c(CCC(=O)N[C@@H](CC(=O)O)C(=O)O)cccc1OC2=O. The number of amides is 1. The van der Waals surface area contributed by atoms with Gasteiger partial charge in [0.15, 0.2) is 5.96 Å². The molecule has 0 aromatic heterocycles. The van der Waals surface area contributed by atoms with Gasteiger partial charge in [0.1, 0.15) is 23.1 Å². The number of esters is 1. The van der Waals surface area contributed by atoms with Gasteiger partial charge in [0.05, 0.1) is 13.0 Å². The van der Waals surface area contributed by atoms with Crippen molar-refractivity contribution in [1.29, 1.82) is 5.41 Å². The van der Waals surface area contributed by atoms with E-state index >= 15 is 0 Å². The van der Waals surface area contributed by atoms with E-state index in [0.29, 0.717) is 24.3 Å². The lowest BCUT2D eigenvalue weighted by molar-refractivity contribution is -0.147. The highest BCUT2D eigenvalue weighted by Crippen LogP contribution is 2.30. The molecular formula is C24H26N4O8. The lowest BCUT2D eigenvalue weighted by atomic mass is 9.97. The van der Waals surface area contributed by atoms with Crippen molar-refractivity contribution < 1.29 is 38.9 Å². The van der Waals surface area contributed by atoms with Crippen molar-refractivity contribution in [2.24, 2.45) is 5.73 Å². The maximum Gasteiger partial charge on any atom is 0.347 e. The molecule has 0 aliphatic carbocycles. The second kappa shape index (κ2) is 11.7. The van der Waals surface area contributed by atoms with Crippen molar-refractivity contribution in [1.82, 2.24) is 5.32 Å². The number of hydrogen-bond donors (Lipinski definition) is 6. The highest BCUT2D eigenvalue weighted by atomic mass is 16.5. The lowest BCUT2D eigenvalue weighted by Gasteiger charge is -2.19. The minimum Gasteiger partial charge on any atom is -0.493 e. The van der Waals surface area contributed by atoms with Crippen molar-refractivity contribution in [3.05, 3.63) is 53.1 Å². The van der Waals surface area contributed by atoms with Gasteiger partial charge in [0.2, 0.25) is 5.91 Å². The Morgan fingerprint density at radius 1 is 1.14 bits per heavy atom. The van der Waals surface area contributed by atoms with Gasteiger partial charge in [0.25, 0.3) is 0 Å². The van der Waals surface area contributed by atoms with Gasteiger partial charge < -0.3 is 36.1 Å². The lowest BCUT2D eigenvalue weighted by Crippen LogP contribution is -2.42. The van der Waals surface area contributed by atoms with Gasteiger partial charge in [-0.3, -0.25) is 15.0 Å². The van der Waals surface area contributed by atoms with Crippen molar-refractivity contribution in [2.75, 3.05) is 11.9 Å². The van der Waals surface area contributed by atoms with Crippen LogP contribution in [0.2, 0.25) is 0 Å². The summed E-state index contributed by atoms with van der Waals surface area (Å²) in [7, 11) is 0. The number of nitrogens with one attached hydrogen (secondary N) is 3. The van der Waals surface area contributed by atoms with Crippen LogP contribution >= 0.6 is 0 Å². The number of guanidine groups is 1. The summed E-state index contributed by atoms with van der Waals surface area (Å²) in [5, 5.41) is 30.2. The van der Waals surface area contributed by atoms with Crippen LogP contribution in [0.15, 0.2) is 36.4 Å². The highest BCUT2D eigenvalue weighted by molar-refractivity contribution is 5.96. The number of carbonyl (C=O) groups is 4. The van der Waals surface area contributed by atoms with Crippen LogP contribution in [-0.2, 0) is 27.2 Å². The van der Waals surface area contributed by atoms with Gasteiger partial charge in [-0.2, -0.15) is 0 Å². The van der Waals surface area contributed by atoms with E-state index in [1.54, 1.807) is 30.3 Å². The van der Waals surface area contributed by atoms with Gasteiger partial charge in [-0.15, -0.1) is 0 Å². The molecule has 1 aliphatic heterocycles. The number of nitrogens with two attached hydrogens (primary N) is 1. The topological polar surface area (TPSA) is 201 Å². The van der Waals surface area contributed by atoms with E-state index in [1.807, 2.05) is 0 Å². The largest absolute Gasteiger partial charge is 0.493 e. The molecule has 7 N–H and O–H groups in total. The highest BCUT2D eigenvalue weighted by Gasteiger charge is 2.24. The molecule has 2 aromatic rings. The maximum atomic E-state index is 12.9. The van der Waals surface area contributed by atoms with Crippen LogP contribution in [0, 0.1) is 5.41 Å². The molecule has 1 aliphatic rings. The fraction of sp³-hybridized carbons (Fsp3) is 0.292. The Labute approximate surface area is 205 Å². The zero-order chi connectivity index (χ0) is 26.2. The number of carbonyl (C=O) groups excluding carboxylic acids is 2. The van der Waals surface area contributed by atoms with Crippen LogP contribution in [0.1, 0.15) is 40.7 Å². The van der Waals surface area contributed by atoms with E-state index in [1.165, 1.54) is 6.07 Å². The van der Waals surface area contributed by atoms with E-state index in [9.17, 15) is 19.2 Å². The smallest absolute Gasteiger partial charge is 0.347 e. The number of aliphatic carboxylic acids is 2. The Balaban J connectivity index is 1.76. The van der Waals surface area contributed by atoms with Crippen molar-refractivity contribution in [2.45, 2.75) is 38.1 Å². The summed E-state index contributed by atoms with van der Waals surface area (Å²) in [4.78, 5) is 47.2. The molecule has 1 atom stereocenters. The maximum absolute atomic E-state index is 12.9. The number of aryl methyl sites for hydroxylation is 1. The first-order valence-corrected chi connectivity index (χ1v) is 11.1. The van der Waals surface area contributed by atoms with Gasteiger partial charge in [-0.1, -0.05) is 12.1 Å². The molecular weight excluding hydrogens is 472 g/mol. The second-order valence-electron chi connectivity index (χ2n) is 8.04. The zero-order valence-electron chi connectivity index (χ0n) is 19.2. The minimum absolute atomic E-state index is 0.0843. The summed E-state index contributed by atoms with van der Waals surface area (Å²) in [6.45, 7) is 0.285. The Morgan fingerprint density at radius 2 is 1.92 bits per heavy atom. The Morgan fingerprint density at radius 3 is 2.61 bits per heavy atom. The normalized spacial score (nSPS) is 13.6. The summed E-state index contributed by atoms with van der Waals surface area (Å²) < 4.78 is 11.4. The minimum atomic E-state index is -1.53. The van der Waals surface area contributed by atoms with Crippen molar-refractivity contribution in [3.8, 4) is 11.5 Å². The van der Waals surface area contributed by atoms with Gasteiger partial charge in [-0.05, 0) is 48.6 Å². The third kappa shape index (κ3) is 6.95. The Bertz CT molecular complexity index is 1200. The molecule has 12 heteroatoms. The molecule has 0 fully saturated rings. The standard InChI is InChI=1S/C24H26N4O8/c25-24(26)27-14-7-8-16-19(11-14)35-10-2-4-15-13(3-1-5-18(15)36-23(16)34)6-9-20(29)28-17(22(32)33)12-21(30)31/h1,3,5,7-8,11,17H,2,4,6,9-10,12H2,(H,28,29)(H,30,31)(H,32,33)(H4,25,26,27)/t17-/m0/s1. The number of ether oxygens (including phenoxy) is 2. The average molecular weight is 498 g/mol. The Kier molecular flexibility index (Phi) is 8.44. The molecule has 1 amide bonds. The summed E-state index contributed by atoms with van der Waals surface area (Å²) in [5.41, 5.74) is 7.50. The number of carboxylic acids is 2. The molecule has 2 aromatic carbocycles. The van der Waals surface area contributed by atoms with E-state index in [2.05, 4.69) is 10.6 Å². The first-order valence-electron chi connectivity index (χ1n) is 11.1. The van der Waals surface area contributed by atoms with Crippen LogP contribution in [0.3, 0.4) is 0 Å². The predicted octanol–water partition coefficient (Wildman–Crippen LogP) is 1.51. The van der Waals surface area contributed by atoms with Gasteiger partial charge >= 0.3 is 17.9 Å². The third-order valence-electron chi connectivity index (χ3n) is 5.38. The molecule has 190 valence electrons. The predicted molar refractivity (Wildman–Crippen MR) is 127 cm³/mol. The van der Waals surface area contributed by atoms with E-state index in [4.69, 9.17) is 30.8 Å². The molecule has 0 radical (unpaired) electrons. The first-order chi connectivity index (χ1) is 17.1. The van der Waals surface area contributed by atoms with Crippen LogP contribution in [0.5, 0.6) is 11.5 Å². The summed E-state index contributed by atoms with van der Waals surface area (Å²) in [6.07, 6.45) is 0.462. The van der Waals surface area contributed by atoms with Crippen molar-refractivity contribution in [3.63, 3.8) is 0 Å². The number of anilines is 1. The first kappa shape index (κ1) is 26.0. The second-order valence-corrected chi connectivity index (χ2v) is 8.04. The molecule has 3 rings (SSSR count). The number of carboxylic acid groups (broad SMARTS) is 2. The van der Waals surface area contributed by atoms with E-state index in [0.717, 1.165) is 11.1 Å². The molecule has 12 nitrogen and oxygen atoms in total. The molecule has 0 spiro atoms. The number of hydrogen-bond acceptors (Lipinski definition) is 7. The van der Waals surface area contributed by atoms with Crippen LogP contribution < -0.4 is 25.8 Å². The molecule has 0 bridgehead atoms. The number of fused-ring (bicyclic) bond motifs is 2. The number of benzene rings is 2. The number of rotatable bonds is 8. The average Bonchev–Trinajstić information content (AvgIpc) is 2.80. The third-order valence-corrected chi connectivity index (χ3v) is 5.38. The molecule has 0 saturated carbocycles. The molecule has 0 unspecified atom stereocenters. The fourth-order valence-corrected chi connectivity index (χ4v) is 3.74. The van der Waals surface area contributed by atoms with E-state index < -0.39 is 36.3 Å². The van der Waals surface area contributed by atoms with Crippen molar-refractivity contribution >= 4 is 35.5 Å². The quantitative estimate of drug-likeness (QED) is 0.134. The molecule has 1 heterocycles. The van der Waals surface area contributed by atoms with Crippen LogP contribution in [-0.4, -0.2) is 52.6 Å². The van der Waals surface area contributed by atoms with Gasteiger partial charge in [0, 0.05) is 18.2 Å². The Hall–Kier alpha value is -4.61. The summed E-state index contributed by atoms with van der Waals surface area (Å²) in [6, 6.07) is 8.24. The molecule has 0 saturated heterocycles. The fourth-order valence-electron chi connectivity index (χ4n) is 3.74. The van der Waals surface area contributed by atoms with Crippen LogP contribution in [0.25, 0.3) is 0 Å². The molecule has 36 heavy (non-hydrogen) atoms. The van der Waals surface area contributed by atoms with Gasteiger partial charge in [-0.25, -0.2) is 9.59 Å². The summed E-state index contributed by atoms with van der Waals surface area (Å²) >= 11 is 0. The monoisotopic (exact) mass is 498 g/mol. The summed E-state index contributed by atoms with van der Waals surface area (Å²) in [5.74, 6) is -3.65. The van der Waals surface area contributed by atoms with Crippen LogP contribution in [0.4, 0.5) is 5.69 Å². The van der Waals surface area contributed by atoms with E-state index in [-0.39, 0.29) is 36.7 Å². The zero-order valence-corrected chi connectivity index (χ0v) is 19.2.